The summed E-state index contributed by atoms with van der Waals surface area (Å²) in [6.07, 6.45) is 0. The zero-order chi connectivity index (χ0) is 11.7. The molecule has 0 aliphatic carbocycles. The van der Waals surface area contributed by atoms with Crippen molar-refractivity contribution in [3.05, 3.63) is 40.2 Å². The number of carboxylic acids is 1. The Morgan fingerprint density at radius 1 is 1.50 bits per heavy atom. The smallest absolute Gasteiger partial charge is 0.375 e. The number of aryl methyl sites for hydroxylation is 1. The van der Waals surface area contributed by atoms with Gasteiger partial charge in [-0.25, -0.2) is 4.79 Å². The summed E-state index contributed by atoms with van der Waals surface area (Å²) in [6, 6.07) is 7.34. The molecule has 2 aromatic rings. The van der Waals surface area contributed by atoms with Crippen molar-refractivity contribution in [3.63, 3.8) is 0 Å². The normalized spacial score (nSPS) is 10.4. The molecule has 1 heterocycles. The number of aromatic nitrogens is 1. The van der Waals surface area contributed by atoms with Crippen LogP contribution >= 0.6 is 15.9 Å². The largest absolute Gasteiger partial charge is 0.475 e. The summed E-state index contributed by atoms with van der Waals surface area (Å²) in [4.78, 5) is 10.9. The molecule has 0 fully saturated rings. The van der Waals surface area contributed by atoms with E-state index in [-0.39, 0.29) is 5.76 Å². The Labute approximate surface area is 100 Å². The topological polar surface area (TPSA) is 63.3 Å². The minimum absolute atomic E-state index is 0.129. The molecule has 0 bridgehead atoms. The Morgan fingerprint density at radius 2 is 2.25 bits per heavy atom. The number of carbonyl (C=O) groups is 1. The highest BCUT2D eigenvalue weighted by Gasteiger charge is 2.20. The zero-order valence-electron chi connectivity index (χ0n) is 8.40. The molecule has 0 saturated carbocycles. The number of aromatic carboxylic acids is 1. The van der Waals surface area contributed by atoms with Crippen LogP contribution in [0.2, 0.25) is 0 Å². The Morgan fingerprint density at radius 3 is 2.88 bits per heavy atom. The van der Waals surface area contributed by atoms with Crippen LogP contribution in [0, 0.1) is 6.92 Å². The van der Waals surface area contributed by atoms with Crippen LogP contribution in [0.1, 0.15) is 16.2 Å². The first-order valence-electron chi connectivity index (χ1n) is 4.55. The number of carboxylic acid groups (broad SMARTS) is 1. The van der Waals surface area contributed by atoms with E-state index >= 15 is 0 Å². The SMILES string of the molecule is Cc1noc(C(=O)O)c1-c1cccc(Br)c1. The lowest BCUT2D eigenvalue weighted by atomic mass is 10.0. The number of rotatable bonds is 2. The minimum Gasteiger partial charge on any atom is -0.475 e. The molecule has 5 heteroatoms. The summed E-state index contributed by atoms with van der Waals surface area (Å²) in [5, 5.41) is 12.6. The molecule has 1 aromatic carbocycles. The Bertz CT molecular complexity index is 548. The second-order valence-corrected chi connectivity index (χ2v) is 4.20. The quantitative estimate of drug-likeness (QED) is 0.919. The summed E-state index contributed by atoms with van der Waals surface area (Å²) in [5.41, 5.74) is 1.86. The number of hydrogen-bond donors (Lipinski definition) is 1. The van der Waals surface area contributed by atoms with Gasteiger partial charge in [-0.2, -0.15) is 0 Å². The van der Waals surface area contributed by atoms with Crippen LogP contribution in [0.4, 0.5) is 0 Å². The molecule has 0 radical (unpaired) electrons. The van der Waals surface area contributed by atoms with Crippen LogP contribution in [-0.4, -0.2) is 16.2 Å². The molecule has 2 rings (SSSR count). The number of benzene rings is 1. The number of halogens is 1. The van der Waals surface area contributed by atoms with E-state index in [0.717, 1.165) is 10.0 Å². The summed E-state index contributed by atoms with van der Waals surface area (Å²) >= 11 is 3.34. The van der Waals surface area contributed by atoms with Gasteiger partial charge in [-0.15, -0.1) is 0 Å². The summed E-state index contributed by atoms with van der Waals surface area (Å²) in [6.45, 7) is 1.71. The third kappa shape index (κ3) is 1.86. The van der Waals surface area contributed by atoms with Crippen LogP contribution in [0.15, 0.2) is 33.3 Å². The molecular weight excluding hydrogens is 274 g/mol. The van der Waals surface area contributed by atoms with Gasteiger partial charge in [-0.1, -0.05) is 33.2 Å². The molecule has 0 atom stereocenters. The lowest BCUT2D eigenvalue weighted by Gasteiger charge is -2.00. The third-order valence-electron chi connectivity index (χ3n) is 2.17. The predicted octanol–water partition coefficient (Wildman–Crippen LogP) is 3.11. The molecule has 0 unspecified atom stereocenters. The average molecular weight is 282 g/mol. The first kappa shape index (κ1) is 10.9. The maximum absolute atomic E-state index is 10.9. The fourth-order valence-corrected chi connectivity index (χ4v) is 1.90. The van der Waals surface area contributed by atoms with Crippen LogP contribution in [0.5, 0.6) is 0 Å². The van der Waals surface area contributed by atoms with E-state index in [0.29, 0.717) is 11.3 Å². The molecule has 16 heavy (non-hydrogen) atoms. The highest BCUT2D eigenvalue weighted by molar-refractivity contribution is 9.10. The van der Waals surface area contributed by atoms with Gasteiger partial charge in [0.2, 0.25) is 0 Å². The molecular formula is C11H8BrNO3. The monoisotopic (exact) mass is 281 g/mol. The Kier molecular flexibility index (Phi) is 2.78. The van der Waals surface area contributed by atoms with Gasteiger partial charge >= 0.3 is 5.97 Å². The molecule has 1 aromatic heterocycles. The lowest BCUT2D eigenvalue weighted by molar-refractivity contribution is 0.0653. The van der Waals surface area contributed by atoms with Gasteiger partial charge in [0, 0.05) is 4.47 Å². The van der Waals surface area contributed by atoms with Crippen molar-refractivity contribution in [1.29, 1.82) is 0 Å². The lowest BCUT2D eigenvalue weighted by Crippen LogP contribution is -1.96. The minimum atomic E-state index is -1.12. The fourth-order valence-electron chi connectivity index (χ4n) is 1.50. The van der Waals surface area contributed by atoms with Gasteiger partial charge < -0.3 is 9.63 Å². The summed E-state index contributed by atoms with van der Waals surface area (Å²) in [5.74, 6) is -1.24. The van der Waals surface area contributed by atoms with Crippen molar-refractivity contribution in [2.45, 2.75) is 6.92 Å². The summed E-state index contributed by atoms with van der Waals surface area (Å²) < 4.78 is 5.66. The average Bonchev–Trinajstić information content (AvgIpc) is 2.60. The second-order valence-electron chi connectivity index (χ2n) is 3.29. The van der Waals surface area contributed by atoms with E-state index in [2.05, 4.69) is 21.1 Å². The molecule has 0 amide bonds. The molecule has 0 spiro atoms. The van der Waals surface area contributed by atoms with Crippen molar-refractivity contribution < 1.29 is 14.4 Å². The maximum atomic E-state index is 10.9. The second kappa shape index (κ2) is 4.09. The van der Waals surface area contributed by atoms with Gasteiger partial charge in [-0.05, 0) is 24.6 Å². The van der Waals surface area contributed by atoms with Gasteiger partial charge in [0.15, 0.2) is 0 Å². The number of nitrogens with zero attached hydrogens (tertiary/aromatic N) is 1. The van der Waals surface area contributed by atoms with Crippen molar-refractivity contribution >= 4 is 21.9 Å². The van der Waals surface area contributed by atoms with Crippen molar-refractivity contribution in [2.24, 2.45) is 0 Å². The van der Waals surface area contributed by atoms with E-state index < -0.39 is 5.97 Å². The summed E-state index contributed by atoms with van der Waals surface area (Å²) in [7, 11) is 0. The van der Waals surface area contributed by atoms with Crippen molar-refractivity contribution in [2.75, 3.05) is 0 Å². The Hall–Kier alpha value is -1.62. The molecule has 4 nitrogen and oxygen atoms in total. The zero-order valence-corrected chi connectivity index (χ0v) is 9.98. The fraction of sp³-hybridized carbons (Fsp3) is 0.0909. The van der Waals surface area contributed by atoms with E-state index in [1.165, 1.54) is 0 Å². The molecule has 0 saturated heterocycles. The highest BCUT2D eigenvalue weighted by atomic mass is 79.9. The van der Waals surface area contributed by atoms with Crippen LogP contribution < -0.4 is 0 Å². The van der Waals surface area contributed by atoms with E-state index in [1.54, 1.807) is 6.92 Å². The highest BCUT2D eigenvalue weighted by Crippen LogP contribution is 2.29. The van der Waals surface area contributed by atoms with E-state index in [1.807, 2.05) is 24.3 Å². The third-order valence-corrected chi connectivity index (χ3v) is 2.66. The molecule has 0 aliphatic heterocycles. The van der Waals surface area contributed by atoms with Gasteiger partial charge in [0.25, 0.3) is 5.76 Å². The van der Waals surface area contributed by atoms with Gasteiger partial charge in [-0.3, -0.25) is 0 Å². The van der Waals surface area contributed by atoms with Crippen molar-refractivity contribution in [1.82, 2.24) is 5.16 Å². The first-order chi connectivity index (χ1) is 7.59. The van der Waals surface area contributed by atoms with Crippen molar-refractivity contribution in [3.8, 4) is 11.1 Å². The van der Waals surface area contributed by atoms with Gasteiger partial charge in [0.1, 0.15) is 0 Å². The maximum Gasteiger partial charge on any atom is 0.375 e. The van der Waals surface area contributed by atoms with Crippen LogP contribution in [-0.2, 0) is 0 Å². The number of hydrogen-bond acceptors (Lipinski definition) is 3. The Balaban J connectivity index is 2.63. The standard InChI is InChI=1S/C11H8BrNO3/c1-6-9(10(11(14)15)16-13-6)7-3-2-4-8(12)5-7/h2-5H,1H3,(H,14,15). The molecule has 82 valence electrons. The van der Waals surface area contributed by atoms with Crippen LogP contribution in [0.25, 0.3) is 11.1 Å². The molecule has 1 N–H and O–H groups in total. The first-order valence-corrected chi connectivity index (χ1v) is 5.34. The van der Waals surface area contributed by atoms with Crippen LogP contribution in [0.3, 0.4) is 0 Å². The molecule has 0 aliphatic rings. The predicted molar refractivity (Wildman–Crippen MR) is 61.3 cm³/mol. The van der Waals surface area contributed by atoms with Gasteiger partial charge in [0.05, 0.1) is 11.3 Å². The van der Waals surface area contributed by atoms with E-state index in [9.17, 15) is 4.79 Å². The van der Waals surface area contributed by atoms with E-state index in [4.69, 9.17) is 9.63 Å².